The third-order valence-electron chi connectivity index (χ3n) is 6.49. The van der Waals surface area contributed by atoms with E-state index in [-0.39, 0.29) is 18.9 Å². The van der Waals surface area contributed by atoms with Gasteiger partial charge in [-0.05, 0) is 34.6 Å². The molecule has 0 bridgehead atoms. The van der Waals surface area contributed by atoms with Crippen molar-refractivity contribution in [1.82, 2.24) is 4.90 Å². The summed E-state index contributed by atoms with van der Waals surface area (Å²) in [6, 6.07) is 13.0. The van der Waals surface area contributed by atoms with Crippen LogP contribution in [0, 0.1) is 11.8 Å². The first kappa shape index (κ1) is 19.0. The number of aliphatic carboxylic acids is 1. The average molecular weight is 417 g/mol. The molecule has 2 aromatic carbocycles. The van der Waals surface area contributed by atoms with Crippen molar-refractivity contribution in [2.45, 2.75) is 30.6 Å². The van der Waals surface area contributed by atoms with Gasteiger partial charge in [0.15, 0.2) is 0 Å². The first-order chi connectivity index (χ1) is 14.3. The molecule has 1 N–H and O–H groups in total. The highest BCUT2D eigenvalue weighted by atomic mass is 19.4. The van der Waals surface area contributed by atoms with Crippen LogP contribution in [0.15, 0.2) is 48.5 Å². The molecule has 3 aliphatic rings. The number of ether oxygens (including phenoxy) is 1. The Bertz CT molecular complexity index is 992. The Hall–Kier alpha value is -3.03. The standard InChI is InChI=1S/C22H18F3NO4/c23-22(24,25)18-15-9-17(20(27)28)26(19(15)18)21(29)30-10-16-13-7-3-1-5-11(13)12-6-2-4-8-14(12)16/h1-8,15-19H,9-10H2,(H,27,28)/t15-,17-,18?,19-/m0/s1. The third-order valence-corrected chi connectivity index (χ3v) is 6.49. The second-order valence-electron chi connectivity index (χ2n) is 8.02. The molecule has 4 atom stereocenters. The van der Waals surface area contributed by atoms with E-state index in [1.165, 1.54) is 0 Å². The van der Waals surface area contributed by atoms with Gasteiger partial charge in [-0.3, -0.25) is 4.90 Å². The van der Waals surface area contributed by atoms with Gasteiger partial charge in [0.2, 0.25) is 0 Å². The lowest BCUT2D eigenvalue weighted by Gasteiger charge is -2.27. The van der Waals surface area contributed by atoms with Crippen molar-refractivity contribution in [2.75, 3.05) is 6.61 Å². The van der Waals surface area contributed by atoms with E-state index >= 15 is 0 Å². The van der Waals surface area contributed by atoms with Crippen molar-refractivity contribution in [3.8, 4) is 11.1 Å². The topological polar surface area (TPSA) is 66.8 Å². The third kappa shape index (κ3) is 2.77. The lowest BCUT2D eigenvalue weighted by molar-refractivity contribution is -0.162. The van der Waals surface area contributed by atoms with Crippen LogP contribution in [0.2, 0.25) is 0 Å². The van der Waals surface area contributed by atoms with E-state index in [9.17, 15) is 27.9 Å². The van der Waals surface area contributed by atoms with Crippen LogP contribution in [0.3, 0.4) is 0 Å². The molecular weight excluding hydrogens is 399 g/mol. The molecule has 5 rings (SSSR count). The SMILES string of the molecule is O=C(O)[C@@H]1C[C@H]2C(C(F)(F)F)[C@H]2N1C(=O)OCC1c2ccccc2-c2ccccc21. The van der Waals surface area contributed by atoms with Gasteiger partial charge in [0.1, 0.15) is 12.6 Å². The number of benzene rings is 2. The molecule has 8 heteroatoms. The molecule has 30 heavy (non-hydrogen) atoms. The Labute approximate surface area is 170 Å². The van der Waals surface area contributed by atoms with Gasteiger partial charge in [0.05, 0.1) is 12.0 Å². The minimum absolute atomic E-state index is 0.0657. The number of carbonyl (C=O) groups is 2. The molecule has 1 saturated carbocycles. The zero-order chi connectivity index (χ0) is 21.2. The van der Waals surface area contributed by atoms with Crippen molar-refractivity contribution < 1.29 is 32.6 Å². The van der Waals surface area contributed by atoms with E-state index in [2.05, 4.69) is 0 Å². The van der Waals surface area contributed by atoms with Gasteiger partial charge in [-0.2, -0.15) is 13.2 Å². The van der Waals surface area contributed by atoms with E-state index in [0.717, 1.165) is 27.2 Å². The van der Waals surface area contributed by atoms with Crippen LogP contribution >= 0.6 is 0 Å². The molecule has 1 amide bonds. The first-order valence-electron chi connectivity index (χ1n) is 9.72. The van der Waals surface area contributed by atoms with Gasteiger partial charge in [-0.15, -0.1) is 0 Å². The van der Waals surface area contributed by atoms with E-state index in [4.69, 9.17) is 4.74 Å². The molecule has 0 radical (unpaired) electrons. The van der Waals surface area contributed by atoms with Crippen LogP contribution in [0.4, 0.5) is 18.0 Å². The maximum Gasteiger partial charge on any atom is 0.410 e. The van der Waals surface area contributed by atoms with Gasteiger partial charge < -0.3 is 9.84 Å². The van der Waals surface area contributed by atoms with Crippen molar-refractivity contribution in [1.29, 1.82) is 0 Å². The highest BCUT2D eigenvalue weighted by molar-refractivity contribution is 5.82. The van der Waals surface area contributed by atoms with Crippen LogP contribution in [-0.2, 0) is 9.53 Å². The quantitative estimate of drug-likeness (QED) is 0.810. The van der Waals surface area contributed by atoms with Crippen molar-refractivity contribution in [3.05, 3.63) is 59.7 Å². The van der Waals surface area contributed by atoms with Crippen LogP contribution in [0.1, 0.15) is 23.5 Å². The number of amides is 1. The molecule has 0 spiro atoms. The minimum Gasteiger partial charge on any atom is -0.480 e. The molecule has 5 nitrogen and oxygen atoms in total. The number of halogens is 3. The number of nitrogens with zero attached hydrogens (tertiary/aromatic N) is 1. The summed E-state index contributed by atoms with van der Waals surface area (Å²) in [5, 5.41) is 9.37. The zero-order valence-corrected chi connectivity index (χ0v) is 15.7. The molecule has 2 aliphatic carbocycles. The normalized spacial score (nSPS) is 26.7. The number of hydrogen-bond donors (Lipinski definition) is 1. The fourth-order valence-electron chi connectivity index (χ4n) is 5.17. The van der Waals surface area contributed by atoms with E-state index in [0.29, 0.717) is 0 Å². The van der Waals surface area contributed by atoms with Gasteiger partial charge >= 0.3 is 18.2 Å². The number of likely N-dealkylation sites (tertiary alicyclic amines) is 1. The Balaban J connectivity index is 1.36. The summed E-state index contributed by atoms with van der Waals surface area (Å²) in [7, 11) is 0. The molecule has 1 aliphatic heterocycles. The van der Waals surface area contributed by atoms with Crippen molar-refractivity contribution in [3.63, 3.8) is 0 Å². The molecule has 2 aromatic rings. The first-order valence-corrected chi connectivity index (χ1v) is 9.72. The van der Waals surface area contributed by atoms with E-state index < -0.39 is 42.2 Å². The van der Waals surface area contributed by atoms with Crippen LogP contribution in [0.25, 0.3) is 11.1 Å². The molecule has 1 heterocycles. The fourth-order valence-corrected chi connectivity index (χ4v) is 5.17. The minimum atomic E-state index is -4.46. The largest absolute Gasteiger partial charge is 0.480 e. The Morgan fingerprint density at radius 2 is 1.60 bits per heavy atom. The fraction of sp³-hybridized carbons (Fsp3) is 0.364. The van der Waals surface area contributed by atoms with Gasteiger partial charge in [0, 0.05) is 5.92 Å². The Morgan fingerprint density at radius 3 is 2.13 bits per heavy atom. The van der Waals surface area contributed by atoms with Crippen molar-refractivity contribution >= 4 is 12.1 Å². The predicted octanol–water partition coefficient (Wildman–Crippen LogP) is 4.27. The summed E-state index contributed by atoms with van der Waals surface area (Å²) in [6.45, 7) is -0.0657. The van der Waals surface area contributed by atoms with E-state index in [1.54, 1.807) is 0 Å². The Morgan fingerprint density at radius 1 is 1.03 bits per heavy atom. The summed E-state index contributed by atoms with van der Waals surface area (Å²) in [6.07, 6.45) is -5.65. The number of alkyl halides is 3. The van der Waals surface area contributed by atoms with Gasteiger partial charge in [0.25, 0.3) is 0 Å². The summed E-state index contributed by atoms with van der Waals surface area (Å²) in [5.41, 5.74) is 4.00. The lowest BCUT2D eigenvalue weighted by atomic mass is 9.98. The number of hydrogen-bond acceptors (Lipinski definition) is 3. The number of carboxylic acid groups (broad SMARTS) is 1. The van der Waals surface area contributed by atoms with Crippen LogP contribution in [0.5, 0.6) is 0 Å². The second-order valence-corrected chi connectivity index (χ2v) is 8.02. The number of piperidine rings is 1. The maximum atomic E-state index is 13.2. The maximum absolute atomic E-state index is 13.2. The molecular formula is C22H18F3NO4. The molecule has 1 saturated heterocycles. The highest BCUT2D eigenvalue weighted by Gasteiger charge is 2.73. The molecule has 156 valence electrons. The number of rotatable bonds is 3. The predicted molar refractivity (Wildman–Crippen MR) is 99.8 cm³/mol. The van der Waals surface area contributed by atoms with Crippen molar-refractivity contribution in [2.24, 2.45) is 11.8 Å². The van der Waals surface area contributed by atoms with Gasteiger partial charge in [-0.25, -0.2) is 9.59 Å². The zero-order valence-electron chi connectivity index (χ0n) is 15.7. The number of carbonyl (C=O) groups excluding carboxylic acids is 1. The van der Waals surface area contributed by atoms with E-state index in [1.807, 2.05) is 48.5 Å². The number of carboxylic acids is 1. The number of fused-ring (bicyclic) bond motifs is 4. The highest BCUT2D eigenvalue weighted by Crippen LogP contribution is 2.60. The van der Waals surface area contributed by atoms with Crippen LogP contribution < -0.4 is 0 Å². The summed E-state index contributed by atoms with van der Waals surface area (Å²) < 4.78 is 44.9. The Kier molecular flexibility index (Phi) is 4.10. The van der Waals surface area contributed by atoms with Gasteiger partial charge in [-0.1, -0.05) is 48.5 Å². The second kappa shape index (κ2) is 6.48. The monoisotopic (exact) mass is 417 g/mol. The smallest absolute Gasteiger partial charge is 0.410 e. The lowest BCUT2D eigenvalue weighted by Crippen LogP contribution is -2.46. The summed E-state index contributed by atoms with van der Waals surface area (Å²) in [4.78, 5) is 25.0. The average Bonchev–Trinajstić information content (AvgIpc) is 3.16. The summed E-state index contributed by atoms with van der Waals surface area (Å²) in [5.74, 6) is -4.10. The molecule has 0 aromatic heterocycles. The molecule has 2 fully saturated rings. The summed E-state index contributed by atoms with van der Waals surface area (Å²) >= 11 is 0. The van der Waals surface area contributed by atoms with Crippen LogP contribution in [-0.4, -0.2) is 46.9 Å². The molecule has 1 unspecified atom stereocenters.